The van der Waals surface area contributed by atoms with E-state index in [2.05, 4.69) is 4.90 Å². The Balaban J connectivity index is 1.18. The van der Waals surface area contributed by atoms with Crippen LogP contribution in [0.2, 0.25) is 0 Å². The van der Waals surface area contributed by atoms with E-state index in [4.69, 9.17) is 14.6 Å². The van der Waals surface area contributed by atoms with Crippen LogP contribution < -0.4 is 4.74 Å². The highest BCUT2D eigenvalue weighted by molar-refractivity contribution is 5.66. The molecule has 1 atom stereocenters. The van der Waals surface area contributed by atoms with Gasteiger partial charge in [0.05, 0.1) is 19.7 Å². The lowest BCUT2D eigenvalue weighted by molar-refractivity contribution is -0.0982. The Morgan fingerprint density at radius 1 is 1.16 bits per heavy atom. The van der Waals surface area contributed by atoms with Crippen molar-refractivity contribution in [3.05, 3.63) is 65.5 Å². The first-order chi connectivity index (χ1) is 15.5. The van der Waals surface area contributed by atoms with Gasteiger partial charge in [0.2, 0.25) is 0 Å². The molecule has 1 unspecified atom stereocenters. The van der Waals surface area contributed by atoms with Crippen molar-refractivity contribution < 1.29 is 23.8 Å². The average molecular weight is 441 g/mol. The molecule has 5 rings (SSSR count). The van der Waals surface area contributed by atoms with E-state index < -0.39 is 6.09 Å². The number of carbonyl (C=O) groups is 1. The predicted octanol–water partition coefficient (Wildman–Crippen LogP) is 4.11. The zero-order valence-electron chi connectivity index (χ0n) is 18.1. The van der Waals surface area contributed by atoms with Crippen LogP contribution in [0, 0.1) is 5.82 Å². The maximum atomic E-state index is 14.1. The van der Waals surface area contributed by atoms with Crippen molar-refractivity contribution in [3.63, 3.8) is 0 Å². The summed E-state index contributed by atoms with van der Waals surface area (Å²) in [5.41, 5.74) is 1.75. The average Bonchev–Trinajstić information content (AvgIpc) is 3.24. The van der Waals surface area contributed by atoms with Gasteiger partial charge >= 0.3 is 6.09 Å². The van der Waals surface area contributed by atoms with Crippen LogP contribution in [0.15, 0.2) is 48.5 Å². The fraction of sp³-hybridized carbons (Fsp3) is 0.480. The molecule has 3 saturated heterocycles. The van der Waals surface area contributed by atoms with E-state index in [0.717, 1.165) is 49.2 Å². The molecule has 0 aromatic heterocycles. The molecule has 32 heavy (non-hydrogen) atoms. The van der Waals surface area contributed by atoms with Gasteiger partial charge in [0, 0.05) is 11.6 Å². The SMILES string of the molecule is O=C(O)N1CC2(CC(N3CCC(c4cc(F)ccc4OCc4ccccc4)CC3)CO2)C1. The van der Waals surface area contributed by atoms with Crippen molar-refractivity contribution >= 4 is 6.09 Å². The number of carboxylic acid groups (broad SMARTS) is 1. The van der Waals surface area contributed by atoms with Crippen molar-refractivity contribution in [1.82, 2.24) is 9.80 Å². The van der Waals surface area contributed by atoms with Crippen molar-refractivity contribution in [2.75, 3.05) is 32.8 Å². The molecule has 170 valence electrons. The van der Waals surface area contributed by atoms with Gasteiger partial charge in [0.1, 0.15) is 23.8 Å². The molecule has 2 aromatic carbocycles. The number of hydrogen-bond donors (Lipinski definition) is 1. The van der Waals surface area contributed by atoms with Crippen molar-refractivity contribution in [3.8, 4) is 5.75 Å². The number of ether oxygens (including phenoxy) is 2. The van der Waals surface area contributed by atoms with Crippen LogP contribution in [-0.2, 0) is 11.3 Å². The van der Waals surface area contributed by atoms with Gasteiger partial charge < -0.3 is 19.5 Å². The van der Waals surface area contributed by atoms with Crippen molar-refractivity contribution in [2.24, 2.45) is 0 Å². The van der Waals surface area contributed by atoms with E-state index in [1.807, 2.05) is 30.3 Å². The molecule has 1 N–H and O–H groups in total. The van der Waals surface area contributed by atoms with Gasteiger partial charge in [0.15, 0.2) is 0 Å². The number of likely N-dealkylation sites (tertiary alicyclic amines) is 2. The fourth-order valence-corrected chi connectivity index (χ4v) is 5.34. The molecule has 0 bridgehead atoms. The zero-order valence-corrected chi connectivity index (χ0v) is 18.1. The summed E-state index contributed by atoms with van der Waals surface area (Å²) in [5, 5.41) is 9.10. The van der Waals surface area contributed by atoms with Gasteiger partial charge in [-0.05, 0) is 62.0 Å². The molecule has 1 amide bonds. The number of nitrogens with zero attached hydrogens (tertiary/aromatic N) is 2. The third kappa shape index (κ3) is 4.32. The summed E-state index contributed by atoms with van der Waals surface area (Å²) in [6.45, 7) is 3.91. The van der Waals surface area contributed by atoms with Crippen LogP contribution in [0.5, 0.6) is 5.75 Å². The third-order valence-corrected chi connectivity index (χ3v) is 7.11. The first-order valence-electron chi connectivity index (χ1n) is 11.3. The Labute approximate surface area is 187 Å². The van der Waals surface area contributed by atoms with E-state index in [1.165, 1.54) is 11.0 Å². The van der Waals surface area contributed by atoms with Gasteiger partial charge in [0.25, 0.3) is 0 Å². The van der Waals surface area contributed by atoms with Crippen LogP contribution >= 0.6 is 0 Å². The minimum Gasteiger partial charge on any atom is -0.489 e. The lowest BCUT2D eigenvalue weighted by atomic mass is 9.86. The lowest BCUT2D eigenvalue weighted by Crippen LogP contribution is -2.63. The van der Waals surface area contributed by atoms with Crippen molar-refractivity contribution in [1.29, 1.82) is 0 Å². The minimum atomic E-state index is -0.871. The van der Waals surface area contributed by atoms with Crippen LogP contribution in [0.4, 0.5) is 9.18 Å². The normalized spacial score (nSPS) is 23.3. The number of halogens is 1. The molecule has 3 aliphatic heterocycles. The zero-order chi connectivity index (χ0) is 22.1. The second-order valence-electron chi connectivity index (χ2n) is 9.26. The summed E-state index contributed by atoms with van der Waals surface area (Å²) >= 11 is 0. The Morgan fingerprint density at radius 2 is 1.91 bits per heavy atom. The summed E-state index contributed by atoms with van der Waals surface area (Å²) in [6.07, 6.45) is 1.89. The molecule has 7 heteroatoms. The number of piperidine rings is 1. The van der Waals surface area contributed by atoms with Gasteiger partial charge in [-0.2, -0.15) is 0 Å². The van der Waals surface area contributed by atoms with Gasteiger partial charge in [-0.1, -0.05) is 30.3 Å². The van der Waals surface area contributed by atoms with E-state index in [1.54, 1.807) is 12.1 Å². The second kappa shape index (κ2) is 8.71. The molecule has 2 aromatic rings. The number of rotatable bonds is 5. The largest absolute Gasteiger partial charge is 0.489 e. The third-order valence-electron chi connectivity index (χ3n) is 7.11. The van der Waals surface area contributed by atoms with Crippen LogP contribution in [0.3, 0.4) is 0 Å². The molecule has 3 fully saturated rings. The molecule has 3 heterocycles. The maximum Gasteiger partial charge on any atom is 0.407 e. The summed E-state index contributed by atoms with van der Waals surface area (Å²) in [6, 6.07) is 15.2. The summed E-state index contributed by atoms with van der Waals surface area (Å²) in [7, 11) is 0. The van der Waals surface area contributed by atoms with E-state index >= 15 is 0 Å². The highest BCUT2D eigenvalue weighted by atomic mass is 19.1. The van der Waals surface area contributed by atoms with Crippen LogP contribution in [-0.4, -0.2) is 65.4 Å². The summed E-state index contributed by atoms with van der Waals surface area (Å²) < 4.78 is 26.2. The molecule has 0 radical (unpaired) electrons. The molecular weight excluding hydrogens is 411 g/mol. The van der Waals surface area contributed by atoms with Crippen LogP contribution in [0.25, 0.3) is 0 Å². The molecule has 0 saturated carbocycles. The van der Waals surface area contributed by atoms with E-state index in [0.29, 0.717) is 32.3 Å². The van der Waals surface area contributed by atoms with E-state index in [-0.39, 0.29) is 17.3 Å². The maximum absolute atomic E-state index is 14.1. The van der Waals surface area contributed by atoms with Crippen LogP contribution in [0.1, 0.15) is 36.3 Å². The molecular formula is C25H29FN2O4. The summed E-state index contributed by atoms with van der Waals surface area (Å²) in [4.78, 5) is 14.9. The first kappa shape index (κ1) is 21.2. The Morgan fingerprint density at radius 3 is 2.62 bits per heavy atom. The topological polar surface area (TPSA) is 62.2 Å². The fourth-order valence-electron chi connectivity index (χ4n) is 5.34. The molecule has 3 aliphatic rings. The monoisotopic (exact) mass is 440 g/mol. The first-order valence-corrected chi connectivity index (χ1v) is 11.3. The smallest absolute Gasteiger partial charge is 0.407 e. The highest BCUT2D eigenvalue weighted by Crippen LogP contribution is 2.40. The minimum absolute atomic E-state index is 0.228. The Bertz CT molecular complexity index is 956. The van der Waals surface area contributed by atoms with Crippen molar-refractivity contribution in [2.45, 2.75) is 43.4 Å². The lowest BCUT2D eigenvalue weighted by Gasteiger charge is -2.45. The quantitative estimate of drug-likeness (QED) is 0.758. The predicted molar refractivity (Wildman–Crippen MR) is 117 cm³/mol. The molecule has 6 nitrogen and oxygen atoms in total. The summed E-state index contributed by atoms with van der Waals surface area (Å²) in [5.74, 6) is 0.795. The van der Waals surface area contributed by atoms with Gasteiger partial charge in [-0.15, -0.1) is 0 Å². The molecule has 0 aliphatic carbocycles. The second-order valence-corrected chi connectivity index (χ2v) is 9.26. The standard InChI is InChI=1S/C25H29FN2O4/c26-20-6-7-23(31-14-18-4-2-1-3-5-18)22(12-20)19-8-10-27(11-9-19)21-13-25(32-15-21)16-28(17-25)24(29)30/h1-7,12,19,21H,8-11,13-17H2,(H,29,30). The van der Waals surface area contributed by atoms with Gasteiger partial charge in [-0.25, -0.2) is 9.18 Å². The van der Waals surface area contributed by atoms with Gasteiger partial charge in [-0.3, -0.25) is 4.90 Å². The highest BCUT2D eigenvalue weighted by Gasteiger charge is 2.52. The number of hydrogen-bond acceptors (Lipinski definition) is 4. The Hall–Kier alpha value is -2.64. The molecule has 1 spiro atoms. The number of benzene rings is 2. The Kier molecular flexibility index (Phi) is 5.78. The van der Waals surface area contributed by atoms with E-state index in [9.17, 15) is 9.18 Å². The number of amides is 1.